The molecule has 1 aromatic carbocycles. The molecule has 1 aliphatic carbocycles. The van der Waals surface area contributed by atoms with Gasteiger partial charge >= 0.3 is 5.97 Å². The number of halogens is 1. The van der Waals surface area contributed by atoms with Crippen molar-refractivity contribution in [1.29, 1.82) is 0 Å². The lowest BCUT2D eigenvalue weighted by Crippen LogP contribution is -2.51. The summed E-state index contributed by atoms with van der Waals surface area (Å²) in [5.74, 6) is -1.70. The zero-order chi connectivity index (χ0) is 19.6. The predicted octanol–water partition coefficient (Wildman–Crippen LogP) is 2.57. The standard InChI is InChI=1S/C20H25FN2O4/c1-13(24)16-6-7-18(17(21)12-16)22-8-10-23(11-9-22)19(25)14-2-4-15(5-3-14)20(26)27/h6-7,12,14-15H,2-5,8-11H2,1H3,(H,26,27). The van der Waals surface area contributed by atoms with Crippen molar-refractivity contribution in [3.8, 4) is 0 Å². The molecule has 0 aromatic heterocycles. The van der Waals surface area contributed by atoms with Gasteiger partial charge in [-0.25, -0.2) is 4.39 Å². The maximum Gasteiger partial charge on any atom is 0.306 e. The van der Waals surface area contributed by atoms with E-state index < -0.39 is 11.8 Å². The maximum absolute atomic E-state index is 14.3. The summed E-state index contributed by atoms with van der Waals surface area (Å²) in [6.07, 6.45) is 2.35. The Morgan fingerprint density at radius 1 is 1.00 bits per heavy atom. The second-order valence-corrected chi connectivity index (χ2v) is 7.42. The number of Topliss-reactive ketones (excluding diaryl/α,β-unsaturated/α-hetero) is 1. The lowest BCUT2D eigenvalue weighted by atomic mass is 9.81. The molecule has 3 rings (SSSR count). The van der Waals surface area contributed by atoms with Crippen LogP contribution in [0.4, 0.5) is 10.1 Å². The van der Waals surface area contributed by atoms with Gasteiger partial charge in [0.1, 0.15) is 5.82 Å². The number of amides is 1. The number of ketones is 1. The zero-order valence-corrected chi connectivity index (χ0v) is 15.5. The summed E-state index contributed by atoms with van der Waals surface area (Å²) in [6.45, 7) is 3.51. The third kappa shape index (κ3) is 4.28. The van der Waals surface area contributed by atoms with Crippen LogP contribution >= 0.6 is 0 Å². The Labute approximate surface area is 157 Å². The molecule has 0 radical (unpaired) electrons. The molecule has 1 amide bonds. The van der Waals surface area contributed by atoms with E-state index in [1.54, 1.807) is 12.1 Å². The van der Waals surface area contributed by atoms with E-state index in [1.165, 1.54) is 13.0 Å². The van der Waals surface area contributed by atoms with Crippen LogP contribution in [0.5, 0.6) is 0 Å². The van der Waals surface area contributed by atoms with Crippen molar-refractivity contribution in [3.05, 3.63) is 29.6 Å². The lowest BCUT2D eigenvalue weighted by molar-refractivity contribution is -0.145. The van der Waals surface area contributed by atoms with E-state index in [2.05, 4.69) is 0 Å². The van der Waals surface area contributed by atoms with Crippen molar-refractivity contribution < 1.29 is 23.9 Å². The summed E-state index contributed by atoms with van der Waals surface area (Å²) in [4.78, 5) is 38.8. The van der Waals surface area contributed by atoms with Gasteiger partial charge in [-0.2, -0.15) is 0 Å². The molecule has 2 aliphatic rings. The average molecular weight is 376 g/mol. The molecule has 0 bridgehead atoms. The fraction of sp³-hybridized carbons (Fsp3) is 0.550. The Kier molecular flexibility index (Phi) is 5.77. The molecule has 0 unspecified atom stereocenters. The van der Waals surface area contributed by atoms with Crippen LogP contribution in [0.2, 0.25) is 0 Å². The molecule has 0 atom stereocenters. The first-order chi connectivity index (χ1) is 12.9. The van der Waals surface area contributed by atoms with Gasteiger partial charge in [-0.15, -0.1) is 0 Å². The van der Waals surface area contributed by atoms with Crippen molar-refractivity contribution >= 4 is 23.3 Å². The number of carbonyl (C=O) groups is 3. The number of piperazine rings is 1. The van der Waals surface area contributed by atoms with Crippen LogP contribution in [0, 0.1) is 17.7 Å². The van der Waals surface area contributed by atoms with Gasteiger partial charge < -0.3 is 14.9 Å². The molecule has 1 aromatic rings. The van der Waals surface area contributed by atoms with E-state index in [1.807, 2.05) is 9.80 Å². The molecule has 1 N–H and O–H groups in total. The highest BCUT2D eigenvalue weighted by molar-refractivity contribution is 5.94. The van der Waals surface area contributed by atoms with E-state index in [-0.39, 0.29) is 23.5 Å². The molecule has 27 heavy (non-hydrogen) atoms. The lowest BCUT2D eigenvalue weighted by Gasteiger charge is -2.38. The largest absolute Gasteiger partial charge is 0.481 e. The van der Waals surface area contributed by atoms with Gasteiger partial charge in [0.25, 0.3) is 0 Å². The predicted molar refractivity (Wildman–Crippen MR) is 98.3 cm³/mol. The monoisotopic (exact) mass is 376 g/mol. The summed E-state index contributed by atoms with van der Waals surface area (Å²) >= 11 is 0. The van der Waals surface area contributed by atoms with Gasteiger partial charge in [-0.05, 0) is 50.8 Å². The number of benzene rings is 1. The number of carbonyl (C=O) groups excluding carboxylic acids is 2. The number of hydrogen-bond acceptors (Lipinski definition) is 4. The minimum atomic E-state index is -0.771. The van der Waals surface area contributed by atoms with E-state index >= 15 is 0 Å². The first-order valence-corrected chi connectivity index (χ1v) is 9.44. The molecule has 1 saturated heterocycles. The first-order valence-electron chi connectivity index (χ1n) is 9.44. The third-order valence-corrected chi connectivity index (χ3v) is 5.71. The Balaban J connectivity index is 1.55. The molecule has 0 spiro atoms. The summed E-state index contributed by atoms with van der Waals surface area (Å²) in [7, 11) is 0. The highest BCUT2D eigenvalue weighted by Gasteiger charge is 2.33. The Morgan fingerprint density at radius 3 is 2.11 bits per heavy atom. The van der Waals surface area contributed by atoms with Crippen LogP contribution in [0.1, 0.15) is 43.0 Å². The minimum absolute atomic E-state index is 0.0888. The van der Waals surface area contributed by atoms with Crippen molar-refractivity contribution in [1.82, 2.24) is 4.90 Å². The molecule has 1 saturated carbocycles. The van der Waals surface area contributed by atoms with Crippen molar-refractivity contribution in [2.75, 3.05) is 31.1 Å². The van der Waals surface area contributed by atoms with Gasteiger partial charge in [0.2, 0.25) is 5.91 Å². The smallest absolute Gasteiger partial charge is 0.306 e. The Bertz CT molecular complexity index is 735. The van der Waals surface area contributed by atoms with E-state index in [4.69, 9.17) is 5.11 Å². The molecule has 146 valence electrons. The Morgan fingerprint density at radius 2 is 1.59 bits per heavy atom. The highest BCUT2D eigenvalue weighted by atomic mass is 19.1. The quantitative estimate of drug-likeness (QED) is 0.817. The number of aliphatic carboxylic acids is 1. The molecule has 1 heterocycles. The average Bonchev–Trinajstić information content (AvgIpc) is 2.67. The highest BCUT2D eigenvalue weighted by Crippen LogP contribution is 2.31. The summed E-state index contributed by atoms with van der Waals surface area (Å²) in [6, 6.07) is 4.51. The molecule has 1 aliphatic heterocycles. The number of carboxylic acids is 1. The van der Waals surface area contributed by atoms with E-state index in [9.17, 15) is 18.8 Å². The number of hydrogen-bond donors (Lipinski definition) is 1. The van der Waals surface area contributed by atoms with Gasteiger partial charge in [-0.1, -0.05) is 0 Å². The van der Waals surface area contributed by atoms with Gasteiger partial charge in [0, 0.05) is 37.7 Å². The minimum Gasteiger partial charge on any atom is -0.481 e. The fourth-order valence-corrected chi connectivity index (χ4v) is 4.00. The third-order valence-electron chi connectivity index (χ3n) is 5.71. The first kappa shape index (κ1) is 19.3. The SMILES string of the molecule is CC(=O)c1ccc(N2CCN(C(=O)C3CCC(C(=O)O)CC3)CC2)c(F)c1. The maximum atomic E-state index is 14.3. The van der Waals surface area contributed by atoms with Gasteiger partial charge in [-0.3, -0.25) is 14.4 Å². The second kappa shape index (κ2) is 8.06. The number of nitrogens with zero attached hydrogens (tertiary/aromatic N) is 2. The normalized spacial score (nSPS) is 23.2. The molecule has 7 heteroatoms. The fourth-order valence-electron chi connectivity index (χ4n) is 4.00. The van der Waals surface area contributed by atoms with Crippen LogP contribution in [0.3, 0.4) is 0 Å². The van der Waals surface area contributed by atoms with Crippen LogP contribution in [0.15, 0.2) is 18.2 Å². The number of carboxylic acid groups (broad SMARTS) is 1. The van der Waals surface area contributed by atoms with Crippen molar-refractivity contribution in [2.45, 2.75) is 32.6 Å². The number of anilines is 1. The van der Waals surface area contributed by atoms with Crippen molar-refractivity contribution in [2.24, 2.45) is 11.8 Å². The Hall–Kier alpha value is -2.44. The van der Waals surface area contributed by atoms with Gasteiger partial charge in [0.05, 0.1) is 11.6 Å². The second-order valence-electron chi connectivity index (χ2n) is 7.42. The summed E-state index contributed by atoms with van der Waals surface area (Å²) < 4.78 is 14.3. The van der Waals surface area contributed by atoms with E-state index in [0.29, 0.717) is 63.1 Å². The van der Waals surface area contributed by atoms with Crippen molar-refractivity contribution in [3.63, 3.8) is 0 Å². The molecular weight excluding hydrogens is 351 g/mol. The molecule has 2 fully saturated rings. The topological polar surface area (TPSA) is 77.9 Å². The zero-order valence-electron chi connectivity index (χ0n) is 15.5. The van der Waals surface area contributed by atoms with Gasteiger partial charge in [0.15, 0.2) is 5.78 Å². The van der Waals surface area contributed by atoms with Crippen LogP contribution in [0.25, 0.3) is 0 Å². The van der Waals surface area contributed by atoms with E-state index in [0.717, 1.165) is 0 Å². The summed E-state index contributed by atoms with van der Waals surface area (Å²) in [5.41, 5.74) is 0.802. The van der Waals surface area contributed by atoms with Crippen LogP contribution in [-0.4, -0.2) is 53.8 Å². The number of rotatable bonds is 4. The molecule has 6 nitrogen and oxygen atoms in total. The van der Waals surface area contributed by atoms with Crippen LogP contribution < -0.4 is 4.90 Å². The van der Waals surface area contributed by atoms with Crippen LogP contribution in [-0.2, 0) is 9.59 Å². The molecular formula is C20H25FN2O4. The summed E-state index contributed by atoms with van der Waals surface area (Å²) in [5, 5.41) is 9.07.